The molecular formula is C18H20FN5. The quantitative estimate of drug-likeness (QED) is 0.743. The van der Waals surface area contributed by atoms with Gasteiger partial charge in [-0.25, -0.2) is 13.9 Å². The molecule has 4 rings (SSSR count). The molecule has 0 amide bonds. The highest BCUT2D eigenvalue weighted by Crippen LogP contribution is 2.28. The molecule has 0 spiro atoms. The van der Waals surface area contributed by atoms with Gasteiger partial charge in [0.15, 0.2) is 0 Å². The first-order valence-corrected chi connectivity index (χ1v) is 8.33. The highest BCUT2D eigenvalue weighted by atomic mass is 19.1. The van der Waals surface area contributed by atoms with Crippen molar-refractivity contribution in [1.29, 1.82) is 0 Å². The smallest absolute Gasteiger partial charge is 0.252 e. The molecule has 1 aliphatic heterocycles. The van der Waals surface area contributed by atoms with Crippen LogP contribution < -0.4 is 0 Å². The minimum absolute atomic E-state index is 0.184. The van der Waals surface area contributed by atoms with Crippen molar-refractivity contribution < 1.29 is 4.39 Å². The Labute approximate surface area is 140 Å². The van der Waals surface area contributed by atoms with E-state index in [0.717, 1.165) is 43.7 Å². The van der Waals surface area contributed by atoms with Crippen LogP contribution in [0.15, 0.2) is 36.7 Å². The third kappa shape index (κ3) is 3.01. The molecule has 0 radical (unpaired) electrons. The third-order valence-electron chi connectivity index (χ3n) is 4.65. The van der Waals surface area contributed by atoms with Crippen molar-refractivity contribution in [3.05, 3.63) is 59.4 Å². The van der Waals surface area contributed by atoms with Gasteiger partial charge in [-0.15, -0.1) is 0 Å². The zero-order chi connectivity index (χ0) is 16.5. The fourth-order valence-electron chi connectivity index (χ4n) is 3.54. The van der Waals surface area contributed by atoms with Crippen molar-refractivity contribution in [2.24, 2.45) is 0 Å². The summed E-state index contributed by atoms with van der Waals surface area (Å²) < 4.78 is 14.9. The van der Waals surface area contributed by atoms with Crippen LogP contribution in [0.5, 0.6) is 0 Å². The zero-order valence-electron chi connectivity index (χ0n) is 13.7. The number of rotatable bonds is 3. The molecule has 0 bridgehead atoms. The van der Waals surface area contributed by atoms with Crippen molar-refractivity contribution in [2.45, 2.75) is 32.2 Å². The molecule has 1 fully saturated rings. The van der Waals surface area contributed by atoms with Gasteiger partial charge in [-0.2, -0.15) is 10.1 Å². The van der Waals surface area contributed by atoms with Crippen molar-refractivity contribution in [3.8, 4) is 0 Å². The van der Waals surface area contributed by atoms with Gasteiger partial charge in [0.2, 0.25) is 0 Å². The number of halogens is 1. The molecule has 6 heteroatoms. The molecule has 2 aromatic heterocycles. The summed E-state index contributed by atoms with van der Waals surface area (Å²) in [5.41, 5.74) is 3.30. The van der Waals surface area contributed by atoms with Crippen molar-refractivity contribution in [1.82, 2.24) is 24.5 Å². The molecule has 24 heavy (non-hydrogen) atoms. The van der Waals surface area contributed by atoms with E-state index in [-0.39, 0.29) is 5.82 Å². The van der Waals surface area contributed by atoms with Crippen LogP contribution in [0.4, 0.5) is 4.39 Å². The van der Waals surface area contributed by atoms with Crippen molar-refractivity contribution >= 4 is 5.78 Å². The summed E-state index contributed by atoms with van der Waals surface area (Å²) in [5, 5.41) is 4.34. The second-order valence-electron chi connectivity index (χ2n) is 6.49. The van der Waals surface area contributed by atoms with Gasteiger partial charge < -0.3 is 0 Å². The molecule has 0 N–H and O–H groups in total. The molecular weight excluding hydrogens is 305 g/mol. The second kappa shape index (κ2) is 6.28. The number of aryl methyl sites for hydroxylation is 1. The van der Waals surface area contributed by atoms with Crippen molar-refractivity contribution in [2.75, 3.05) is 13.1 Å². The Morgan fingerprint density at radius 2 is 2.08 bits per heavy atom. The molecule has 1 unspecified atom stereocenters. The number of hydrogen-bond acceptors (Lipinski definition) is 4. The van der Waals surface area contributed by atoms with Crippen LogP contribution in [0.25, 0.3) is 5.78 Å². The first-order valence-electron chi connectivity index (χ1n) is 8.33. The zero-order valence-corrected chi connectivity index (χ0v) is 13.7. The fourth-order valence-corrected chi connectivity index (χ4v) is 3.54. The summed E-state index contributed by atoms with van der Waals surface area (Å²) in [5.74, 6) is 0.891. The molecule has 0 saturated carbocycles. The van der Waals surface area contributed by atoms with Crippen LogP contribution in [0, 0.1) is 12.7 Å². The lowest BCUT2D eigenvalue weighted by molar-refractivity contribution is 0.197. The van der Waals surface area contributed by atoms with Crippen molar-refractivity contribution in [3.63, 3.8) is 0 Å². The van der Waals surface area contributed by atoms with Gasteiger partial charge in [0, 0.05) is 24.7 Å². The van der Waals surface area contributed by atoms with Crippen LogP contribution in [0.2, 0.25) is 0 Å². The molecule has 3 aromatic rings. The molecule has 124 valence electrons. The van der Waals surface area contributed by atoms with E-state index in [9.17, 15) is 4.39 Å². The van der Waals surface area contributed by atoms with E-state index in [4.69, 9.17) is 0 Å². The normalized spacial score (nSPS) is 19.0. The number of nitrogens with zero attached hydrogens (tertiary/aromatic N) is 5. The maximum absolute atomic E-state index is 13.1. The van der Waals surface area contributed by atoms with E-state index in [1.54, 1.807) is 6.33 Å². The molecule has 5 nitrogen and oxygen atoms in total. The number of aromatic nitrogens is 4. The van der Waals surface area contributed by atoms with Gasteiger partial charge >= 0.3 is 0 Å². The van der Waals surface area contributed by atoms with Gasteiger partial charge in [0.25, 0.3) is 5.78 Å². The lowest BCUT2D eigenvalue weighted by Crippen LogP contribution is -2.34. The molecule has 0 aliphatic carbocycles. The van der Waals surface area contributed by atoms with Crippen LogP contribution in [0.3, 0.4) is 0 Å². The number of likely N-dealkylation sites (tertiary alicyclic amines) is 1. The lowest BCUT2D eigenvalue weighted by atomic mass is 9.93. The van der Waals surface area contributed by atoms with Gasteiger partial charge in [-0.1, -0.05) is 12.1 Å². The monoisotopic (exact) mass is 325 g/mol. The van der Waals surface area contributed by atoms with Crippen LogP contribution in [-0.4, -0.2) is 37.6 Å². The maximum atomic E-state index is 13.1. The maximum Gasteiger partial charge on any atom is 0.252 e. The lowest BCUT2D eigenvalue weighted by Gasteiger charge is -2.33. The predicted octanol–water partition coefficient (Wildman–Crippen LogP) is 2.95. The van der Waals surface area contributed by atoms with Gasteiger partial charge in [-0.05, 0) is 50.1 Å². The van der Waals surface area contributed by atoms with Crippen LogP contribution >= 0.6 is 0 Å². The first-order chi connectivity index (χ1) is 11.7. The Bertz CT molecular complexity index is 842. The second-order valence-corrected chi connectivity index (χ2v) is 6.49. The van der Waals surface area contributed by atoms with E-state index in [2.05, 4.69) is 26.0 Å². The molecule has 1 aliphatic rings. The molecule has 1 atom stereocenters. The minimum Gasteiger partial charge on any atom is -0.298 e. The van der Waals surface area contributed by atoms with E-state index >= 15 is 0 Å². The predicted molar refractivity (Wildman–Crippen MR) is 89.2 cm³/mol. The number of benzene rings is 1. The first kappa shape index (κ1) is 15.2. The van der Waals surface area contributed by atoms with E-state index in [0.29, 0.717) is 11.7 Å². The summed E-state index contributed by atoms with van der Waals surface area (Å²) in [6.45, 7) is 4.88. The SMILES string of the molecule is Cc1cc(C2CCCN(Cc3ccc(F)cc3)C2)n2ncnc2n1. The van der Waals surface area contributed by atoms with Gasteiger partial charge in [-0.3, -0.25) is 4.90 Å². The minimum atomic E-state index is -0.184. The van der Waals surface area contributed by atoms with E-state index in [1.807, 2.05) is 23.6 Å². The Balaban J connectivity index is 1.55. The summed E-state index contributed by atoms with van der Waals surface area (Å²) in [4.78, 5) is 11.1. The van der Waals surface area contributed by atoms with E-state index < -0.39 is 0 Å². The Kier molecular flexibility index (Phi) is 3.98. The largest absolute Gasteiger partial charge is 0.298 e. The Morgan fingerprint density at radius 1 is 1.25 bits per heavy atom. The summed E-state index contributed by atoms with van der Waals surface area (Å²) in [6.07, 6.45) is 3.84. The van der Waals surface area contributed by atoms with E-state index in [1.165, 1.54) is 17.8 Å². The highest BCUT2D eigenvalue weighted by Gasteiger charge is 2.24. The Hall–Kier alpha value is -2.34. The number of hydrogen-bond donors (Lipinski definition) is 0. The van der Waals surface area contributed by atoms with Gasteiger partial charge in [0.1, 0.15) is 12.1 Å². The summed E-state index contributed by atoms with van der Waals surface area (Å²) >= 11 is 0. The fraction of sp³-hybridized carbons (Fsp3) is 0.389. The third-order valence-corrected chi connectivity index (χ3v) is 4.65. The standard InChI is InChI=1S/C18H20FN5/c1-13-9-17(24-18(22-13)20-12-21-24)15-3-2-8-23(11-15)10-14-4-6-16(19)7-5-14/h4-7,9,12,15H,2-3,8,10-11H2,1H3. The Morgan fingerprint density at radius 3 is 2.92 bits per heavy atom. The average Bonchev–Trinajstić information content (AvgIpc) is 3.05. The molecule has 1 saturated heterocycles. The number of fused-ring (bicyclic) bond motifs is 1. The highest BCUT2D eigenvalue weighted by molar-refractivity contribution is 5.31. The topological polar surface area (TPSA) is 46.3 Å². The van der Waals surface area contributed by atoms with Crippen LogP contribution in [0.1, 0.15) is 35.7 Å². The average molecular weight is 325 g/mol. The summed E-state index contributed by atoms with van der Waals surface area (Å²) in [6, 6.07) is 8.91. The number of piperidine rings is 1. The summed E-state index contributed by atoms with van der Waals surface area (Å²) in [7, 11) is 0. The molecule has 3 heterocycles. The van der Waals surface area contributed by atoms with Crippen LogP contribution in [-0.2, 0) is 6.54 Å². The van der Waals surface area contributed by atoms with Gasteiger partial charge in [0.05, 0.1) is 5.69 Å². The molecule has 1 aromatic carbocycles.